The smallest absolute Gasteiger partial charge is 0.0693 e. The van der Waals surface area contributed by atoms with Gasteiger partial charge in [-0.25, -0.2) is 0 Å². The predicted octanol–water partition coefficient (Wildman–Crippen LogP) is 4.70. The number of thiophene rings is 1. The maximum Gasteiger partial charge on any atom is 0.0693 e. The standard InChI is InChI=1S/C15H18Cl2N2S/c1-10(6-12-4-3-5-20-12)19(2)9-11-7-13(16)15(18)14(17)8-11/h3-5,7-8,10H,6,9,18H2,1-2H3. The fourth-order valence-electron chi connectivity index (χ4n) is 2.05. The molecule has 0 spiro atoms. The molecular formula is C15H18Cl2N2S. The Morgan fingerprint density at radius 3 is 2.50 bits per heavy atom. The molecule has 5 heteroatoms. The van der Waals surface area contributed by atoms with Crippen LogP contribution in [-0.2, 0) is 13.0 Å². The molecule has 1 unspecified atom stereocenters. The first-order valence-corrected chi connectivity index (χ1v) is 8.07. The Morgan fingerprint density at radius 1 is 1.30 bits per heavy atom. The molecule has 0 amide bonds. The maximum atomic E-state index is 6.07. The van der Waals surface area contributed by atoms with E-state index in [0.717, 1.165) is 18.5 Å². The van der Waals surface area contributed by atoms with Gasteiger partial charge in [-0.2, -0.15) is 0 Å². The second-order valence-electron chi connectivity index (χ2n) is 5.02. The van der Waals surface area contributed by atoms with E-state index in [1.165, 1.54) is 4.88 Å². The molecule has 0 aliphatic rings. The molecule has 0 radical (unpaired) electrons. The van der Waals surface area contributed by atoms with Crippen LogP contribution in [-0.4, -0.2) is 18.0 Å². The second kappa shape index (κ2) is 6.81. The summed E-state index contributed by atoms with van der Waals surface area (Å²) in [5.74, 6) is 0. The number of benzene rings is 1. The monoisotopic (exact) mass is 328 g/mol. The number of nitrogens with zero attached hydrogens (tertiary/aromatic N) is 1. The zero-order valence-corrected chi connectivity index (χ0v) is 13.9. The van der Waals surface area contributed by atoms with Gasteiger partial charge in [-0.15, -0.1) is 11.3 Å². The summed E-state index contributed by atoms with van der Waals surface area (Å²) in [4.78, 5) is 3.69. The van der Waals surface area contributed by atoms with Crippen molar-refractivity contribution in [3.63, 3.8) is 0 Å². The highest BCUT2D eigenvalue weighted by Crippen LogP contribution is 2.29. The molecule has 0 aliphatic heterocycles. The lowest BCUT2D eigenvalue weighted by Crippen LogP contribution is -2.30. The van der Waals surface area contributed by atoms with Gasteiger partial charge in [0.25, 0.3) is 0 Å². The lowest BCUT2D eigenvalue weighted by Gasteiger charge is -2.24. The minimum atomic E-state index is 0.448. The van der Waals surface area contributed by atoms with E-state index in [1.54, 1.807) is 11.3 Å². The van der Waals surface area contributed by atoms with Gasteiger partial charge in [0, 0.05) is 17.5 Å². The third-order valence-corrected chi connectivity index (χ3v) is 4.92. The molecule has 0 saturated heterocycles. The molecule has 0 saturated carbocycles. The third-order valence-electron chi connectivity index (χ3n) is 3.40. The number of rotatable bonds is 5. The van der Waals surface area contributed by atoms with Crippen LogP contribution in [0.15, 0.2) is 29.6 Å². The van der Waals surface area contributed by atoms with Crippen LogP contribution in [0.1, 0.15) is 17.4 Å². The van der Waals surface area contributed by atoms with Crippen LogP contribution in [0.3, 0.4) is 0 Å². The topological polar surface area (TPSA) is 29.3 Å². The number of halogens is 2. The Labute approximate surface area is 134 Å². The number of hydrogen-bond acceptors (Lipinski definition) is 3. The summed E-state index contributed by atoms with van der Waals surface area (Å²) in [6, 6.07) is 8.48. The van der Waals surface area contributed by atoms with Crippen LogP contribution >= 0.6 is 34.5 Å². The number of likely N-dealkylation sites (N-methyl/N-ethyl adjacent to an activating group) is 1. The van der Waals surface area contributed by atoms with Gasteiger partial charge in [-0.05, 0) is 49.5 Å². The van der Waals surface area contributed by atoms with E-state index in [0.29, 0.717) is 21.8 Å². The summed E-state index contributed by atoms with van der Waals surface area (Å²) >= 11 is 13.9. The Morgan fingerprint density at radius 2 is 1.95 bits per heavy atom. The molecule has 1 atom stereocenters. The Hall–Kier alpha value is -0.740. The van der Waals surface area contributed by atoms with E-state index in [1.807, 2.05) is 12.1 Å². The maximum absolute atomic E-state index is 6.07. The highest BCUT2D eigenvalue weighted by atomic mass is 35.5. The van der Waals surface area contributed by atoms with Gasteiger partial charge >= 0.3 is 0 Å². The molecule has 0 aliphatic carbocycles. The average molecular weight is 329 g/mol. The summed E-state index contributed by atoms with van der Waals surface area (Å²) in [5.41, 5.74) is 7.28. The number of nitrogen functional groups attached to an aromatic ring is 1. The van der Waals surface area contributed by atoms with Gasteiger partial charge in [0.1, 0.15) is 0 Å². The first-order chi connectivity index (χ1) is 9.47. The third kappa shape index (κ3) is 3.89. The second-order valence-corrected chi connectivity index (χ2v) is 6.87. The lowest BCUT2D eigenvalue weighted by molar-refractivity contribution is 0.249. The molecule has 2 N–H and O–H groups in total. The highest BCUT2D eigenvalue weighted by molar-refractivity contribution is 7.09. The van der Waals surface area contributed by atoms with Crippen LogP contribution in [0, 0.1) is 0 Å². The minimum absolute atomic E-state index is 0.448. The molecule has 1 aromatic heterocycles. The number of anilines is 1. The van der Waals surface area contributed by atoms with Crippen molar-refractivity contribution in [2.24, 2.45) is 0 Å². The molecule has 20 heavy (non-hydrogen) atoms. The molecule has 2 nitrogen and oxygen atoms in total. The van der Waals surface area contributed by atoms with Gasteiger partial charge in [0.2, 0.25) is 0 Å². The summed E-state index contributed by atoms with van der Waals surface area (Å²) in [5, 5.41) is 3.15. The molecule has 108 valence electrons. The normalized spacial score (nSPS) is 12.8. The molecule has 2 rings (SSSR count). The van der Waals surface area contributed by atoms with E-state index >= 15 is 0 Å². The summed E-state index contributed by atoms with van der Waals surface area (Å²) in [6.45, 7) is 3.02. The molecule has 1 heterocycles. The first kappa shape index (κ1) is 15.6. The summed E-state index contributed by atoms with van der Waals surface area (Å²) in [7, 11) is 2.11. The SMILES string of the molecule is CC(Cc1cccs1)N(C)Cc1cc(Cl)c(N)c(Cl)c1. The molecule has 0 fully saturated rings. The van der Waals surface area contributed by atoms with E-state index in [4.69, 9.17) is 28.9 Å². The van der Waals surface area contributed by atoms with Crippen molar-refractivity contribution < 1.29 is 0 Å². The van der Waals surface area contributed by atoms with Crippen molar-refractivity contribution in [2.45, 2.75) is 25.9 Å². The Kier molecular flexibility index (Phi) is 5.33. The van der Waals surface area contributed by atoms with Gasteiger partial charge < -0.3 is 5.73 Å². The van der Waals surface area contributed by atoms with Crippen molar-refractivity contribution in [1.82, 2.24) is 4.90 Å². The largest absolute Gasteiger partial charge is 0.396 e. The number of hydrogen-bond donors (Lipinski definition) is 1. The zero-order chi connectivity index (χ0) is 14.7. The van der Waals surface area contributed by atoms with Gasteiger partial charge in [0.05, 0.1) is 15.7 Å². The van der Waals surface area contributed by atoms with Crippen LogP contribution in [0.25, 0.3) is 0 Å². The molecule has 2 aromatic rings. The van der Waals surface area contributed by atoms with Crippen LogP contribution in [0.5, 0.6) is 0 Å². The van der Waals surface area contributed by atoms with E-state index in [2.05, 4.69) is 36.4 Å². The van der Waals surface area contributed by atoms with Crippen molar-refractivity contribution in [3.05, 3.63) is 50.1 Å². The van der Waals surface area contributed by atoms with E-state index < -0.39 is 0 Å². The van der Waals surface area contributed by atoms with E-state index in [-0.39, 0.29) is 0 Å². The minimum Gasteiger partial charge on any atom is -0.396 e. The van der Waals surface area contributed by atoms with Crippen molar-refractivity contribution in [3.8, 4) is 0 Å². The van der Waals surface area contributed by atoms with Crippen molar-refractivity contribution in [1.29, 1.82) is 0 Å². The molecular weight excluding hydrogens is 311 g/mol. The summed E-state index contributed by atoms with van der Waals surface area (Å²) in [6.07, 6.45) is 1.05. The zero-order valence-electron chi connectivity index (χ0n) is 11.6. The van der Waals surface area contributed by atoms with Gasteiger partial charge in [-0.1, -0.05) is 29.3 Å². The van der Waals surface area contributed by atoms with Crippen LogP contribution in [0.4, 0.5) is 5.69 Å². The average Bonchev–Trinajstić information content (AvgIpc) is 2.88. The van der Waals surface area contributed by atoms with Crippen LogP contribution < -0.4 is 5.73 Å². The van der Waals surface area contributed by atoms with Crippen LogP contribution in [0.2, 0.25) is 10.0 Å². The highest BCUT2D eigenvalue weighted by Gasteiger charge is 2.13. The molecule has 1 aromatic carbocycles. The fourth-order valence-corrected chi connectivity index (χ4v) is 3.41. The first-order valence-electron chi connectivity index (χ1n) is 6.43. The summed E-state index contributed by atoms with van der Waals surface area (Å²) < 4.78 is 0. The Balaban J connectivity index is 2.02. The number of nitrogens with two attached hydrogens (primary N) is 1. The molecule has 0 bridgehead atoms. The van der Waals surface area contributed by atoms with Crippen molar-refractivity contribution in [2.75, 3.05) is 12.8 Å². The fraction of sp³-hybridized carbons (Fsp3) is 0.333. The van der Waals surface area contributed by atoms with Gasteiger partial charge in [-0.3, -0.25) is 4.90 Å². The van der Waals surface area contributed by atoms with Gasteiger partial charge in [0.15, 0.2) is 0 Å². The Bertz CT molecular complexity index is 546. The van der Waals surface area contributed by atoms with E-state index in [9.17, 15) is 0 Å². The quantitative estimate of drug-likeness (QED) is 0.806. The lowest BCUT2D eigenvalue weighted by atomic mass is 10.1. The van der Waals surface area contributed by atoms with Crippen molar-refractivity contribution >= 4 is 40.2 Å². The predicted molar refractivity (Wildman–Crippen MR) is 89.8 cm³/mol.